The summed E-state index contributed by atoms with van der Waals surface area (Å²) >= 11 is 0. The molecule has 2 aromatic carbocycles. The van der Waals surface area contributed by atoms with Gasteiger partial charge in [-0.25, -0.2) is 26.7 Å². The molecule has 10 heteroatoms. The lowest BCUT2D eigenvalue weighted by Gasteiger charge is -2.22. The lowest BCUT2D eigenvalue weighted by Crippen LogP contribution is -2.40. The Morgan fingerprint density at radius 2 is 1.43 bits per heavy atom. The molecule has 1 aliphatic rings. The summed E-state index contributed by atoms with van der Waals surface area (Å²) in [5, 5.41) is 2.37. The molecule has 1 aliphatic heterocycles. The molecule has 1 heterocycles. The summed E-state index contributed by atoms with van der Waals surface area (Å²) in [6.45, 7) is 0.232. The largest absolute Gasteiger partial charge is 0.497 e. The Bertz CT molecular complexity index is 951. The smallest absolute Gasteiger partial charge is 0.325 e. The fourth-order valence-corrected chi connectivity index (χ4v) is 2.91. The number of carbonyl (C=O) groups excluding carboxylic acids is 2. The van der Waals surface area contributed by atoms with Crippen LogP contribution in [-0.4, -0.2) is 23.9 Å². The summed E-state index contributed by atoms with van der Waals surface area (Å²) in [6, 6.07) is 5.03. The molecular weight excluding hydrogens is 387 g/mol. The molecule has 1 atom stereocenters. The number of nitrogens with one attached hydrogen (secondary N) is 1. The van der Waals surface area contributed by atoms with E-state index in [0.29, 0.717) is 16.2 Å². The van der Waals surface area contributed by atoms with Crippen molar-refractivity contribution >= 4 is 11.9 Å². The maximum Gasteiger partial charge on any atom is 0.325 e. The van der Waals surface area contributed by atoms with E-state index in [0.717, 1.165) is 0 Å². The van der Waals surface area contributed by atoms with Crippen molar-refractivity contribution in [3.63, 3.8) is 0 Å². The van der Waals surface area contributed by atoms with Gasteiger partial charge in [-0.2, -0.15) is 0 Å². The van der Waals surface area contributed by atoms with E-state index in [1.165, 1.54) is 38.3 Å². The molecule has 1 saturated heterocycles. The molecule has 148 valence electrons. The maximum atomic E-state index is 13.9. The van der Waals surface area contributed by atoms with E-state index in [1.54, 1.807) is 0 Å². The second kappa shape index (κ2) is 6.77. The van der Waals surface area contributed by atoms with Gasteiger partial charge < -0.3 is 10.1 Å². The molecule has 0 saturated carbocycles. The second-order valence-electron chi connectivity index (χ2n) is 6.22. The topological polar surface area (TPSA) is 58.6 Å². The Morgan fingerprint density at radius 3 is 1.93 bits per heavy atom. The summed E-state index contributed by atoms with van der Waals surface area (Å²) in [4.78, 5) is 25.4. The van der Waals surface area contributed by atoms with Crippen LogP contribution >= 0.6 is 0 Å². The summed E-state index contributed by atoms with van der Waals surface area (Å²) in [6.07, 6.45) is 0. The standard InChI is InChI=1S/C18H13F5N2O3/c1-18(8-3-5-9(28-2)6-4-8)16(26)25(17(27)24-18)7-10-11(19)13(21)15(23)14(22)12(10)20/h3-6H,7H2,1-2H3,(H,24,27)/t18-/m1/s1. The van der Waals surface area contributed by atoms with Crippen LogP contribution < -0.4 is 10.1 Å². The summed E-state index contributed by atoms with van der Waals surface area (Å²) < 4.78 is 72.8. The number of benzene rings is 2. The fraction of sp³-hybridized carbons (Fsp3) is 0.222. The Hall–Kier alpha value is -3.17. The number of amides is 3. The first-order chi connectivity index (χ1) is 13.1. The predicted octanol–water partition coefficient (Wildman–Crippen LogP) is 3.36. The van der Waals surface area contributed by atoms with E-state index < -0.39 is 58.7 Å². The van der Waals surface area contributed by atoms with Crippen LogP contribution in [0.25, 0.3) is 0 Å². The highest BCUT2D eigenvalue weighted by atomic mass is 19.2. The minimum absolute atomic E-state index is 0.339. The van der Waals surface area contributed by atoms with Crippen LogP contribution in [-0.2, 0) is 16.9 Å². The zero-order chi connectivity index (χ0) is 20.8. The van der Waals surface area contributed by atoms with Crippen molar-refractivity contribution in [2.45, 2.75) is 19.0 Å². The third-order valence-electron chi connectivity index (χ3n) is 4.56. The van der Waals surface area contributed by atoms with E-state index in [1.807, 2.05) is 0 Å². The van der Waals surface area contributed by atoms with E-state index >= 15 is 0 Å². The van der Waals surface area contributed by atoms with E-state index in [-0.39, 0.29) is 0 Å². The fourth-order valence-electron chi connectivity index (χ4n) is 2.91. The van der Waals surface area contributed by atoms with Gasteiger partial charge in [0, 0.05) is 5.56 Å². The van der Waals surface area contributed by atoms with E-state index in [2.05, 4.69) is 5.32 Å². The summed E-state index contributed by atoms with van der Waals surface area (Å²) in [5.74, 6) is -11.3. The van der Waals surface area contributed by atoms with Gasteiger partial charge in [-0.15, -0.1) is 0 Å². The molecule has 0 aliphatic carbocycles. The van der Waals surface area contributed by atoms with Crippen molar-refractivity contribution in [1.29, 1.82) is 0 Å². The van der Waals surface area contributed by atoms with Gasteiger partial charge in [0.05, 0.1) is 13.7 Å². The molecule has 3 rings (SSSR count). The molecule has 1 N–H and O–H groups in total. The molecule has 0 spiro atoms. The monoisotopic (exact) mass is 400 g/mol. The third-order valence-corrected chi connectivity index (χ3v) is 4.56. The number of hydrogen-bond donors (Lipinski definition) is 1. The highest BCUT2D eigenvalue weighted by Gasteiger charge is 2.49. The summed E-state index contributed by atoms with van der Waals surface area (Å²) in [7, 11) is 1.44. The van der Waals surface area contributed by atoms with Gasteiger partial charge >= 0.3 is 6.03 Å². The Balaban J connectivity index is 1.97. The van der Waals surface area contributed by atoms with Gasteiger partial charge in [-0.3, -0.25) is 9.69 Å². The van der Waals surface area contributed by atoms with Crippen LogP contribution in [0.5, 0.6) is 5.75 Å². The van der Waals surface area contributed by atoms with Crippen molar-refractivity contribution in [3.8, 4) is 5.75 Å². The minimum atomic E-state index is -2.32. The zero-order valence-electron chi connectivity index (χ0n) is 14.6. The van der Waals surface area contributed by atoms with Gasteiger partial charge in [0.2, 0.25) is 5.82 Å². The minimum Gasteiger partial charge on any atom is -0.497 e. The molecule has 0 radical (unpaired) electrons. The number of urea groups is 1. The number of nitrogens with zero attached hydrogens (tertiary/aromatic N) is 1. The van der Waals surface area contributed by atoms with Crippen LogP contribution in [0.4, 0.5) is 26.7 Å². The van der Waals surface area contributed by atoms with Crippen molar-refractivity contribution in [1.82, 2.24) is 10.2 Å². The van der Waals surface area contributed by atoms with E-state index in [9.17, 15) is 31.5 Å². The van der Waals surface area contributed by atoms with Crippen molar-refractivity contribution < 1.29 is 36.3 Å². The SMILES string of the molecule is COc1ccc([C@@]2(C)NC(=O)N(Cc3c(F)c(F)c(F)c(F)c3F)C2=O)cc1. The molecule has 0 bridgehead atoms. The Labute approximate surface area is 155 Å². The lowest BCUT2D eigenvalue weighted by atomic mass is 9.92. The van der Waals surface area contributed by atoms with Gasteiger partial charge in [0.15, 0.2) is 23.3 Å². The van der Waals surface area contributed by atoms with Gasteiger partial charge in [0.1, 0.15) is 11.3 Å². The Kier molecular flexibility index (Phi) is 4.74. The zero-order valence-corrected chi connectivity index (χ0v) is 14.6. The number of methoxy groups -OCH3 is 1. The predicted molar refractivity (Wildman–Crippen MR) is 85.7 cm³/mol. The molecule has 5 nitrogen and oxygen atoms in total. The molecule has 3 amide bonds. The van der Waals surface area contributed by atoms with E-state index in [4.69, 9.17) is 4.74 Å². The maximum absolute atomic E-state index is 13.9. The number of rotatable bonds is 4. The molecule has 0 aromatic heterocycles. The average Bonchev–Trinajstić information content (AvgIpc) is 2.91. The van der Waals surface area contributed by atoms with Crippen LogP contribution in [0.15, 0.2) is 24.3 Å². The molecular formula is C18H13F5N2O3. The third kappa shape index (κ3) is 2.85. The quantitative estimate of drug-likeness (QED) is 0.371. The molecule has 28 heavy (non-hydrogen) atoms. The highest BCUT2D eigenvalue weighted by molar-refractivity contribution is 6.07. The lowest BCUT2D eigenvalue weighted by molar-refractivity contribution is -0.131. The first kappa shape index (κ1) is 19.6. The first-order valence-corrected chi connectivity index (χ1v) is 7.90. The van der Waals surface area contributed by atoms with Crippen molar-refractivity contribution in [3.05, 3.63) is 64.5 Å². The summed E-state index contributed by atoms with van der Waals surface area (Å²) in [5.41, 5.74) is -2.53. The van der Waals surface area contributed by atoms with Crippen molar-refractivity contribution in [2.75, 3.05) is 7.11 Å². The molecule has 0 unspecified atom stereocenters. The number of ether oxygens (including phenoxy) is 1. The molecule has 1 fully saturated rings. The first-order valence-electron chi connectivity index (χ1n) is 7.90. The van der Waals surface area contributed by atoms with Gasteiger partial charge in [-0.05, 0) is 24.6 Å². The van der Waals surface area contributed by atoms with Crippen molar-refractivity contribution in [2.24, 2.45) is 0 Å². The number of hydrogen-bond acceptors (Lipinski definition) is 3. The van der Waals surface area contributed by atoms with Crippen LogP contribution in [0, 0.1) is 29.1 Å². The molecule has 2 aromatic rings. The number of halogens is 5. The van der Waals surface area contributed by atoms with Crippen LogP contribution in [0.2, 0.25) is 0 Å². The van der Waals surface area contributed by atoms with Gasteiger partial charge in [0.25, 0.3) is 5.91 Å². The highest BCUT2D eigenvalue weighted by Crippen LogP contribution is 2.32. The number of imide groups is 1. The van der Waals surface area contributed by atoms with Crippen LogP contribution in [0.1, 0.15) is 18.1 Å². The second-order valence-corrected chi connectivity index (χ2v) is 6.22. The number of carbonyl (C=O) groups is 2. The Morgan fingerprint density at radius 1 is 0.929 bits per heavy atom. The van der Waals surface area contributed by atoms with Crippen LogP contribution in [0.3, 0.4) is 0 Å². The van der Waals surface area contributed by atoms with Gasteiger partial charge in [-0.1, -0.05) is 12.1 Å². The average molecular weight is 400 g/mol. The normalized spacial score (nSPS) is 19.2.